The Labute approximate surface area is 252 Å². The molecule has 0 spiro atoms. The van der Waals surface area contributed by atoms with Gasteiger partial charge in [0.15, 0.2) is 0 Å². The fraction of sp³-hybridized carbons (Fsp3) is 0.455. The first-order valence-corrected chi connectivity index (χ1v) is 14.6. The Morgan fingerprint density at radius 3 is 2.61 bits per heavy atom. The number of aromatic hydroxyl groups is 1. The van der Waals surface area contributed by atoms with Gasteiger partial charge in [0.1, 0.15) is 18.0 Å². The van der Waals surface area contributed by atoms with Crippen molar-refractivity contribution in [2.24, 2.45) is 28.9 Å². The summed E-state index contributed by atoms with van der Waals surface area (Å²) in [5.74, 6) is 5.69. The maximum Gasteiger partial charge on any atom is 0.404 e. The first-order valence-electron chi connectivity index (χ1n) is 13.8. The van der Waals surface area contributed by atoms with Crippen LogP contribution in [0.4, 0.5) is 4.79 Å². The minimum absolute atomic E-state index is 0.0645. The van der Waals surface area contributed by atoms with Crippen molar-refractivity contribution < 1.29 is 29.3 Å². The van der Waals surface area contributed by atoms with E-state index in [0.717, 1.165) is 0 Å². The predicted molar refractivity (Wildman–Crippen MR) is 165 cm³/mol. The van der Waals surface area contributed by atoms with Crippen LogP contribution in [0.25, 0.3) is 0 Å². The number of halogens is 1. The van der Waals surface area contributed by atoms with Gasteiger partial charge in [-0.25, -0.2) is 9.59 Å². The van der Waals surface area contributed by atoms with Crippen LogP contribution in [0.5, 0.6) is 5.75 Å². The standard InChI is InChI=1S/C33H42BrNO6/c1-22-12-10-16-29(37)41-28(24(3)18-17-23(2)21-25(20-22)40-32(35)39)15-8-6-7-9-19-33(4,5)31(38)26-13-11-14-27(36)30(26)34/h8-11,13-19,22-25,28,31,36,38H,12,20-21H2,1-5H3,(H2,35,39)/b15-8+,16-10-,18-17+,19-9+/t22-,23+,24+,25?,28-,31+/m1/s1. The predicted octanol–water partition coefficient (Wildman–Crippen LogP) is 6.91. The average molecular weight is 629 g/mol. The number of hydrogen-bond acceptors (Lipinski definition) is 6. The Bertz CT molecular complexity index is 1220. The van der Waals surface area contributed by atoms with E-state index in [0.29, 0.717) is 29.3 Å². The van der Waals surface area contributed by atoms with Crippen LogP contribution in [0.3, 0.4) is 0 Å². The van der Waals surface area contributed by atoms with Gasteiger partial charge in [-0.05, 0) is 76.9 Å². The molecule has 0 aliphatic carbocycles. The smallest absolute Gasteiger partial charge is 0.404 e. The number of allylic oxidation sites excluding steroid dienone is 4. The van der Waals surface area contributed by atoms with E-state index in [9.17, 15) is 19.8 Å². The van der Waals surface area contributed by atoms with Gasteiger partial charge < -0.3 is 25.4 Å². The van der Waals surface area contributed by atoms with Gasteiger partial charge in [0.05, 0.1) is 10.6 Å². The molecule has 1 heterocycles. The second-order valence-electron chi connectivity index (χ2n) is 11.3. The van der Waals surface area contributed by atoms with Crippen LogP contribution in [0, 0.1) is 35.0 Å². The molecule has 0 aromatic heterocycles. The highest BCUT2D eigenvalue weighted by Gasteiger charge is 2.28. The van der Waals surface area contributed by atoms with Crippen LogP contribution in [-0.4, -0.2) is 34.5 Å². The van der Waals surface area contributed by atoms with Crippen LogP contribution >= 0.6 is 15.9 Å². The molecule has 0 fully saturated rings. The van der Waals surface area contributed by atoms with Gasteiger partial charge in [-0.15, -0.1) is 0 Å². The third kappa shape index (κ3) is 11.6. The monoisotopic (exact) mass is 627 g/mol. The molecule has 1 aliphatic heterocycles. The average Bonchev–Trinajstić information content (AvgIpc) is 2.88. The zero-order valence-electron chi connectivity index (χ0n) is 24.4. The number of benzene rings is 1. The molecule has 6 atom stereocenters. The van der Waals surface area contributed by atoms with Gasteiger partial charge in [0, 0.05) is 17.4 Å². The first kappa shape index (κ1) is 33.9. The summed E-state index contributed by atoms with van der Waals surface area (Å²) in [5.41, 5.74) is 5.21. The largest absolute Gasteiger partial charge is 0.507 e. The minimum atomic E-state index is -0.870. The highest BCUT2D eigenvalue weighted by atomic mass is 79.9. The zero-order chi connectivity index (χ0) is 30.6. The van der Waals surface area contributed by atoms with Crippen molar-refractivity contribution in [3.8, 4) is 17.6 Å². The summed E-state index contributed by atoms with van der Waals surface area (Å²) in [6, 6.07) is 4.99. The molecule has 1 aliphatic rings. The fourth-order valence-corrected chi connectivity index (χ4v) is 4.98. The number of phenolic OH excluding ortho intramolecular Hbond substituents is 1. The van der Waals surface area contributed by atoms with E-state index in [1.165, 1.54) is 6.08 Å². The number of phenols is 1. The molecule has 1 aromatic carbocycles. The van der Waals surface area contributed by atoms with E-state index in [1.54, 1.807) is 42.5 Å². The molecule has 2 rings (SSSR count). The lowest BCUT2D eigenvalue weighted by molar-refractivity contribution is -0.142. The number of nitrogens with two attached hydrogens (primary N) is 1. The van der Waals surface area contributed by atoms with Crippen LogP contribution in [-0.2, 0) is 14.3 Å². The normalized spacial score (nSPS) is 26.8. The maximum atomic E-state index is 12.5. The molecule has 0 saturated heterocycles. The SMILES string of the molecule is C[C@@H]1C/C=C\C(=O)O[C@H](/C=C/C#C/C=C/C(C)(C)[C@@H](O)c2cccc(O)c2Br)[C@@H](C)/C=C/[C@H](C)CC(OC(N)=O)C1. The quantitative estimate of drug-likeness (QED) is 0.185. The van der Waals surface area contributed by atoms with Crippen molar-refractivity contribution in [2.45, 2.75) is 72.2 Å². The summed E-state index contributed by atoms with van der Waals surface area (Å²) in [7, 11) is 0. The third-order valence-corrected chi connectivity index (χ3v) is 7.81. The molecular weight excluding hydrogens is 586 g/mol. The topological polar surface area (TPSA) is 119 Å². The van der Waals surface area contributed by atoms with Gasteiger partial charge in [0.2, 0.25) is 0 Å². The molecule has 1 aromatic rings. The number of carbonyl (C=O) groups excluding carboxylic acids is 2. The lowest BCUT2D eigenvalue weighted by Crippen LogP contribution is -2.26. The van der Waals surface area contributed by atoms with Crippen LogP contribution < -0.4 is 5.73 Å². The van der Waals surface area contributed by atoms with Crippen molar-refractivity contribution in [1.29, 1.82) is 0 Å². The van der Waals surface area contributed by atoms with Gasteiger partial charge in [-0.1, -0.05) is 82.9 Å². The zero-order valence-corrected chi connectivity index (χ0v) is 26.0. The third-order valence-electron chi connectivity index (χ3n) is 6.95. The van der Waals surface area contributed by atoms with Crippen LogP contribution in [0.15, 0.2) is 71.3 Å². The molecule has 8 heteroatoms. The first-order chi connectivity index (χ1) is 19.3. The van der Waals surface area contributed by atoms with Crippen molar-refractivity contribution in [3.05, 3.63) is 76.8 Å². The molecule has 0 radical (unpaired) electrons. The molecule has 222 valence electrons. The lowest BCUT2D eigenvalue weighted by Gasteiger charge is -2.28. The Hall–Kier alpha value is -3.28. The summed E-state index contributed by atoms with van der Waals surface area (Å²) in [6.45, 7) is 9.79. The molecule has 0 bridgehead atoms. The Morgan fingerprint density at radius 1 is 1.20 bits per heavy atom. The van der Waals surface area contributed by atoms with E-state index in [-0.39, 0.29) is 29.6 Å². The van der Waals surface area contributed by atoms with Gasteiger partial charge in [-0.2, -0.15) is 0 Å². The number of carbonyl (C=O) groups is 2. The molecule has 41 heavy (non-hydrogen) atoms. The number of aliphatic hydroxyl groups is 1. The maximum absolute atomic E-state index is 12.5. The molecule has 0 saturated carbocycles. The number of rotatable bonds is 5. The second-order valence-corrected chi connectivity index (χ2v) is 12.1. The lowest BCUT2D eigenvalue weighted by atomic mass is 9.82. The van der Waals surface area contributed by atoms with Crippen LogP contribution in [0.1, 0.15) is 65.5 Å². The van der Waals surface area contributed by atoms with Crippen molar-refractivity contribution in [2.75, 3.05) is 0 Å². The van der Waals surface area contributed by atoms with Gasteiger partial charge in [-0.3, -0.25) is 0 Å². The number of ether oxygens (including phenoxy) is 2. The molecule has 1 unspecified atom stereocenters. The number of amides is 1. The van der Waals surface area contributed by atoms with E-state index in [1.807, 2.05) is 52.8 Å². The highest BCUT2D eigenvalue weighted by molar-refractivity contribution is 9.10. The Morgan fingerprint density at radius 2 is 1.90 bits per heavy atom. The van der Waals surface area contributed by atoms with E-state index < -0.39 is 29.7 Å². The van der Waals surface area contributed by atoms with E-state index in [2.05, 4.69) is 27.8 Å². The van der Waals surface area contributed by atoms with E-state index in [4.69, 9.17) is 15.2 Å². The Balaban J connectivity index is 2.15. The molecular formula is C33H42BrNO6. The fourth-order valence-electron chi connectivity index (χ4n) is 4.50. The van der Waals surface area contributed by atoms with Crippen molar-refractivity contribution >= 4 is 28.0 Å². The number of aliphatic hydroxyl groups excluding tert-OH is 1. The van der Waals surface area contributed by atoms with Crippen LogP contribution in [0.2, 0.25) is 0 Å². The summed E-state index contributed by atoms with van der Waals surface area (Å²) in [5, 5.41) is 20.8. The van der Waals surface area contributed by atoms with E-state index >= 15 is 0 Å². The minimum Gasteiger partial charge on any atom is -0.507 e. The number of hydrogen-bond donors (Lipinski definition) is 3. The molecule has 4 N–H and O–H groups in total. The summed E-state index contributed by atoms with van der Waals surface area (Å²) < 4.78 is 11.5. The van der Waals surface area contributed by atoms with Gasteiger partial charge >= 0.3 is 12.1 Å². The molecule has 7 nitrogen and oxygen atoms in total. The molecule has 1 amide bonds. The summed E-state index contributed by atoms with van der Waals surface area (Å²) >= 11 is 3.34. The number of cyclic esters (lactones) is 1. The second kappa shape index (κ2) is 16.2. The number of primary amides is 1. The Kier molecular flexibility index (Phi) is 13.4. The highest BCUT2D eigenvalue weighted by Crippen LogP contribution is 2.40. The van der Waals surface area contributed by atoms with Crippen molar-refractivity contribution in [3.63, 3.8) is 0 Å². The number of esters is 1. The summed E-state index contributed by atoms with van der Waals surface area (Å²) in [4.78, 5) is 23.9. The summed E-state index contributed by atoms with van der Waals surface area (Å²) in [6.07, 6.45) is 13.6. The van der Waals surface area contributed by atoms with Gasteiger partial charge in [0.25, 0.3) is 0 Å². The van der Waals surface area contributed by atoms with Crippen molar-refractivity contribution in [1.82, 2.24) is 0 Å².